The molecule has 0 unspecified atom stereocenters. The largest absolute Gasteiger partial charge is 0.513 e. The Labute approximate surface area is 211 Å². The van der Waals surface area contributed by atoms with Crippen LogP contribution in [0.25, 0.3) is 10.9 Å². The molecule has 0 radical (unpaired) electrons. The number of ether oxygens (including phenoxy) is 4. The number of nitrogens with zero attached hydrogens (tertiary/aromatic N) is 3. The lowest BCUT2D eigenvalue weighted by molar-refractivity contribution is 0.121. The van der Waals surface area contributed by atoms with Gasteiger partial charge >= 0.3 is 6.16 Å². The van der Waals surface area contributed by atoms with Crippen LogP contribution in [0.2, 0.25) is 5.15 Å². The summed E-state index contributed by atoms with van der Waals surface area (Å²) >= 11 is 6.22. The predicted molar refractivity (Wildman–Crippen MR) is 132 cm³/mol. The Bertz CT molecular complexity index is 1450. The molecule has 0 aliphatic heterocycles. The van der Waals surface area contributed by atoms with Crippen molar-refractivity contribution in [1.29, 1.82) is 0 Å². The van der Waals surface area contributed by atoms with E-state index in [1.165, 1.54) is 32.7 Å². The van der Waals surface area contributed by atoms with Gasteiger partial charge in [-0.1, -0.05) is 17.7 Å². The van der Waals surface area contributed by atoms with Gasteiger partial charge in [-0.3, -0.25) is 0 Å². The van der Waals surface area contributed by atoms with Crippen molar-refractivity contribution >= 4 is 40.2 Å². The minimum absolute atomic E-state index is 0.0420. The molecule has 0 spiro atoms. The van der Waals surface area contributed by atoms with E-state index in [-0.39, 0.29) is 18.0 Å². The Morgan fingerprint density at radius 3 is 2.58 bits per heavy atom. The first-order valence-electron chi connectivity index (χ1n) is 10.7. The molecule has 0 bridgehead atoms. The fourth-order valence-corrected chi connectivity index (χ4v) is 3.62. The van der Waals surface area contributed by atoms with Crippen LogP contribution >= 0.6 is 11.6 Å². The third-order valence-corrected chi connectivity index (χ3v) is 5.57. The zero-order valence-corrected chi connectivity index (χ0v) is 20.6. The second-order valence-electron chi connectivity index (χ2n) is 7.71. The summed E-state index contributed by atoms with van der Waals surface area (Å²) in [7, 11) is 2.69. The Morgan fingerprint density at radius 1 is 1.06 bits per heavy atom. The molecule has 36 heavy (non-hydrogen) atoms. The monoisotopic (exact) mass is 512 g/mol. The highest BCUT2D eigenvalue weighted by molar-refractivity contribution is 6.30. The third kappa shape index (κ3) is 5.38. The Kier molecular flexibility index (Phi) is 7.35. The van der Waals surface area contributed by atoms with E-state index >= 15 is 0 Å². The van der Waals surface area contributed by atoms with Crippen LogP contribution in [0, 0.1) is 19.7 Å². The van der Waals surface area contributed by atoms with Crippen molar-refractivity contribution in [3.8, 4) is 17.2 Å². The number of carbonyl (C=O) groups is 1. The first kappa shape index (κ1) is 24.9. The number of halogens is 2. The quantitative estimate of drug-likeness (QED) is 0.184. The molecule has 0 saturated heterocycles. The molecular formula is C25H22ClFN4O5. The van der Waals surface area contributed by atoms with Crippen LogP contribution in [-0.2, 0) is 11.3 Å². The Hall–Kier alpha value is -4.18. The summed E-state index contributed by atoms with van der Waals surface area (Å²) in [5, 5.41) is 3.84. The molecule has 0 saturated carbocycles. The molecule has 9 nitrogen and oxygen atoms in total. The van der Waals surface area contributed by atoms with Crippen molar-refractivity contribution in [2.45, 2.75) is 20.5 Å². The summed E-state index contributed by atoms with van der Waals surface area (Å²) in [5.41, 5.74) is 2.51. The number of rotatable bonds is 7. The van der Waals surface area contributed by atoms with Gasteiger partial charge in [0.2, 0.25) is 0 Å². The molecule has 2 aromatic carbocycles. The molecule has 4 rings (SSSR count). The number of anilines is 2. The molecule has 0 atom stereocenters. The lowest BCUT2D eigenvalue weighted by atomic mass is 10.1. The molecule has 186 valence electrons. The van der Waals surface area contributed by atoms with Gasteiger partial charge in [0, 0.05) is 28.8 Å². The number of aromatic nitrogens is 3. The minimum Gasteiger partial charge on any atom is -0.493 e. The van der Waals surface area contributed by atoms with Crippen LogP contribution < -0.4 is 19.5 Å². The lowest BCUT2D eigenvalue weighted by Crippen LogP contribution is -2.09. The molecule has 0 fully saturated rings. The van der Waals surface area contributed by atoms with E-state index < -0.39 is 12.0 Å². The van der Waals surface area contributed by atoms with Gasteiger partial charge < -0.3 is 24.3 Å². The van der Waals surface area contributed by atoms with Crippen LogP contribution in [0.5, 0.6) is 17.2 Å². The second-order valence-corrected chi connectivity index (χ2v) is 8.07. The number of pyridine rings is 1. The summed E-state index contributed by atoms with van der Waals surface area (Å²) in [5.74, 6) is 0.730. The van der Waals surface area contributed by atoms with E-state index in [9.17, 15) is 9.18 Å². The summed E-state index contributed by atoms with van der Waals surface area (Å²) < 4.78 is 35.8. The number of carbonyl (C=O) groups excluding carboxylic acids is 1. The van der Waals surface area contributed by atoms with Gasteiger partial charge in [0.25, 0.3) is 0 Å². The molecule has 1 N–H and O–H groups in total. The fraction of sp³-hybridized carbons (Fsp3) is 0.200. The van der Waals surface area contributed by atoms with Crippen LogP contribution in [0.3, 0.4) is 0 Å². The summed E-state index contributed by atoms with van der Waals surface area (Å²) in [6, 6.07) is 9.65. The first-order valence-corrected chi connectivity index (χ1v) is 11.1. The predicted octanol–water partition coefficient (Wildman–Crippen LogP) is 5.91. The Morgan fingerprint density at radius 2 is 1.86 bits per heavy atom. The van der Waals surface area contributed by atoms with Crippen molar-refractivity contribution in [2.75, 3.05) is 19.5 Å². The van der Waals surface area contributed by atoms with Crippen LogP contribution in [0.4, 0.5) is 20.7 Å². The average molecular weight is 513 g/mol. The fourth-order valence-electron chi connectivity index (χ4n) is 3.37. The summed E-state index contributed by atoms with van der Waals surface area (Å²) in [6.45, 7) is 3.63. The van der Waals surface area contributed by atoms with E-state index in [0.29, 0.717) is 44.5 Å². The third-order valence-electron chi connectivity index (χ3n) is 5.25. The van der Waals surface area contributed by atoms with E-state index in [0.717, 1.165) is 5.69 Å². The number of fused-ring (bicyclic) bond motifs is 1. The van der Waals surface area contributed by atoms with Gasteiger partial charge in [0.15, 0.2) is 11.5 Å². The summed E-state index contributed by atoms with van der Waals surface area (Å²) in [6.07, 6.45) is 0.419. The van der Waals surface area contributed by atoms with Crippen LogP contribution in [-0.4, -0.2) is 35.3 Å². The van der Waals surface area contributed by atoms with Crippen molar-refractivity contribution in [3.05, 3.63) is 70.5 Å². The van der Waals surface area contributed by atoms with E-state index in [2.05, 4.69) is 25.0 Å². The first-order chi connectivity index (χ1) is 17.3. The normalized spacial score (nSPS) is 10.7. The number of hydrogen-bond donors (Lipinski definition) is 1. The standard InChI is InChI=1S/C25H22ClFN4O5/c1-13-7-17(27)19(10-20(13)36-25(32)34-4)31-24-16-8-21(33-3)22(9-18(16)28-12-29-24)35-11-15-6-5-14(2)30-23(15)26/h5-10,12H,11H2,1-4H3,(H,28,29,31). The van der Waals surface area contributed by atoms with Crippen molar-refractivity contribution in [2.24, 2.45) is 0 Å². The maximum Gasteiger partial charge on any atom is 0.513 e. The maximum atomic E-state index is 14.7. The smallest absolute Gasteiger partial charge is 0.493 e. The number of benzene rings is 2. The lowest BCUT2D eigenvalue weighted by Gasteiger charge is -2.15. The number of nitrogens with one attached hydrogen (secondary N) is 1. The number of methoxy groups -OCH3 is 2. The van der Waals surface area contributed by atoms with Crippen LogP contribution in [0.1, 0.15) is 16.8 Å². The molecule has 11 heteroatoms. The van der Waals surface area contributed by atoms with Gasteiger partial charge in [0.1, 0.15) is 35.5 Å². The van der Waals surface area contributed by atoms with Gasteiger partial charge in [-0.25, -0.2) is 24.1 Å². The van der Waals surface area contributed by atoms with Gasteiger partial charge in [0.05, 0.1) is 25.4 Å². The summed E-state index contributed by atoms with van der Waals surface area (Å²) in [4.78, 5) is 24.3. The van der Waals surface area contributed by atoms with Gasteiger partial charge in [-0.15, -0.1) is 0 Å². The van der Waals surface area contributed by atoms with E-state index in [4.69, 9.17) is 25.8 Å². The SMILES string of the molecule is COC(=O)Oc1cc(Nc2ncnc3cc(OCc4ccc(C)nc4Cl)c(OC)cc23)c(F)cc1C. The van der Waals surface area contributed by atoms with Gasteiger partial charge in [-0.05, 0) is 37.6 Å². The van der Waals surface area contributed by atoms with Gasteiger partial charge in [-0.2, -0.15) is 0 Å². The van der Waals surface area contributed by atoms with E-state index in [1.54, 1.807) is 19.1 Å². The number of aryl methyl sites for hydroxylation is 2. The highest BCUT2D eigenvalue weighted by atomic mass is 35.5. The maximum absolute atomic E-state index is 14.7. The highest BCUT2D eigenvalue weighted by Gasteiger charge is 2.16. The average Bonchev–Trinajstić information content (AvgIpc) is 2.85. The topological polar surface area (TPSA) is 105 Å². The van der Waals surface area contributed by atoms with Crippen molar-refractivity contribution in [3.63, 3.8) is 0 Å². The van der Waals surface area contributed by atoms with E-state index in [1.807, 2.05) is 19.1 Å². The molecule has 4 aromatic rings. The minimum atomic E-state index is -0.914. The number of hydrogen-bond acceptors (Lipinski definition) is 9. The highest BCUT2D eigenvalue weighted by Crippen LogP contribution is 2.36. The van der Waals surface area contributed by atoms with Crippen molar-refractivity contribution < 1.29 is 28.1 Å². The molecule has 2 aromatic heterocycles. The zero-order valence-electron chi connectivity index (χ0n) is 19.9. The molecule has 0 aliphatic carbocycles. The zero-order chi connectivity index (χ0) is 25.8. The molecule has 0 amide bonds. The molecule has 2 heterocycles. The Balaban J connectivity index is 1.65. The molecular weight excluding hydrogens is 491 g/mol. The second kappa shape index (κ2) is 10.6. The van der Waals surface area contributed by atoms with Crippen LogP contribution in [0.15, 0.2) is 42.7 Å². The molecule has 0 aliphatic rings. The van der Waals surface area contributed by atoms with Crippen molar-refractivity contribution in [1.82, 2.24) is 15.0 Å².